The maximum Gasteiger partial charge on any atom is 0.416 e. The van der Waals surface area contributed by atoms with E-state index in [-0.39, 0.29) is 47.6 Å². The first-order valence-corrected chi connectivity index (χ1v) is 14.6. The number of hydrogen-bond acceptors (Lipinski definition) is 5. The zero-order valence-electron chi connectivity index (χ0n) is 23.0. The van der Waals surface area contributed by atoms with Crippen molar-refractivity contribution in [3.05, 3.63) is 59.9 Å². The highest BCUT2D eigenvalue weighted by molar-refractivity contribution is 5.79. The van der Waals surface area contributed by atoms with Gasteiger partial charge >= 0.3 is 12.1 Å². The van der Waals surface area contributed by atoms with Crippen LogP contribution in [-0.4, -0.2) is 52.2 Å². The summed E-state index contributed by atoms with van der Waals surface area (Å²) in [7, 11) is 0. The van der Waals surface area contributed by atoms with Gasteiger partial charge in [0.1, 0.15) is 6.10 Å². The van der Waals surface area contributed by atoms with Gasteiger partial charge in [-0.25, -0.2) is 0 Å². The number of likely N-dealkylation sites (tertiary alicyclic amines) is 1. The van der Waals surface area contributed by atoms with Crippen molar-refractivity contribution in [2.45, 2.75) is 57.4 Å². The number of ether oxygens (including phenoxy) is 1. The number of aliphatic hydroxyl groups is 1. The number of carbonyl (C=O) groups excluding carboxylic acids is 2. The van der Waals surface area contributed by atoms with E-state index < -0.39 is 17.8 Å². The van der Waals surface area contributed by atoms with E-state index in [2.05, 4.69) is 11.1 Å². The fraction of sp³-hybridized carbons (Fsp3) is 0.531. The zero-order chi connectivity index (χ0) is 28.9. The minimum atomic E-state index is -4.41. The van der Waals surface area contributed by atoms with Crippen molar-refractivity contribution in [1.29, 1.82) is 0 Å². The smallest absolute Gasteiger partial charge is 0.416 e. The molecular weight excluding hydrogens is 533 g/mol. The van der Waals surface area contributed by atoms with Crippen molar-refractivity contribution in [3.63, 3.8) is 0 Å². The summed E-state index contributed by atoms with van der Waals surface area (Å²) in [6.45, 7) is 2.96. The molecule has 0 bridgehead atoms. The lowest BCUT2D eigenvalue weighted by atomic mass is 9.56. The average Bonchev–Trinajstić information content (AvgIpc) is 3.52. The summed E-state index contributed by atoms with van der Waals surface area (Å²) in [4.78, 5) is 32.3. The molecule has 2 aromatic rings. The number of allylic oxidation sites excluding steroid dienone is 1. The summed E-state index contributed by atoms with van der Waals surface area (Å²) >= 11 is 0. The lowest BCUT2D eigenvalue weighted by molar-refractivity contribution is -0.144. The molecule has 0 radical (unpaired) electrons. The average molecular weight is 569 g/mol. The van der Waals surface area contributed by atoms with Crippen LogP contribution in [0.5, 0.6) is 0 Å². The Morgan fingerprint density at radius 2 is 1.95 bits per heavy atom. The lowest BCUT2D eigenvalue weighted by Gasteiger charge is -2.47. The van der Waals surface area contributed by atoms with Gasteiger partial charge < -0.3 is 14.7 Å². The number of rotatable bonds is 4. The highest BCUT2D eigenvalue weighted by Crippen LogP contribution is 2.54. The Morgan fingerprint density at radius 3 is 2.66 bits per heavy atom. The van der Waals surface area contributed by atoms with Gasteiger partial charge in [-0.2, -0.15) is 13.2 Å². The SMILES string of the molecule is C[C@H]1OC(=O)[C@@H]2C[C@@H]3C[C@H](C(=O)N4CC[C@@H](O)C4)CC[C@H]3[C@H](/C=C/c3ccc(-c4cccc(C(F)(F)F)c4)cn3)[C@H]12. The molecule has 2 aliphatic heterocycles. The number of aromatic nitrogens is 1. The second-order valence-electron chi connectivity index (χ2n) is 12.2. The summed E-state index contributed by atoms with van der Waals surface area (Å²) in [6.07, 6.45) is 4.41. The van der Waals surface area contributed by atoms with E-state index >= 15 is 0 Å². The normalized spacial score (nSPS) is 33.5. The summed E-state index contributed by atoms with van der Waals surface area (Å²) in [6, 6.07) is 8.77. The molecule has 2 saturated carbocycles. The minimum absolute atomic E-state index is 0.0605. The molecule has 8 atom stereocenters. The third kappa shape index (κ3) is 5.53. The Morgan fingerprint density at radius 1 is 1.12 bits per heavy atom. The number of pyridine rings is 1. The van der Waals surface area contributed by atoms with Crippen LogP contribution in [-0.2, 0) is 20.5 Å². The Labute approximate surface area is 237 Å². The number of fused-ring (bicyclic) bond motifs is 2. The van der Waals surface area contributed by atoms with Crippen molar-refractivity contribution < 1.29 is 32.6 Å². The molecule has 1 N–H and O–H groups in total. The summed E-state index contributed by atoms with van der Waals surface area (Å²) < 4.78 is 45.1. The molecule has 0 spiro atoms. The maximum atomic E-state index is 13.2. The molecule has 0 unspecified atom stereocenters. The third-order valence-corrected chi connectivity index (χ3v) is 9.77. The van der Waals surface area contributed by atoms with Gasteiger partial charge in [0.25, 0.3) is 0 Å². The number of benzene rings is 1. The van der Waals surface area contributed by atoms with Gasteiger partial charge in [-0.15, -0.1) is 0 Å². The topological polar surface area (TPSA) is 79.7 Å². The molecule has 218 valence electrons. The summed E-state index contributed by atoms with van der Waals surface area (Å²) in [5.74, 6) is 0.403. The zero-order valence-corrected chi connectivity index (χ0v) is 23.0. The first-order valence-electron chi connectivity index (χ1n) is 14.6. The van der Waals surface area contributed by atoms with Crippen LogP contribution in [0.25, 0.3) is 17.2 Å². The van der Waals surface area contributed by atoms with E-state index in [1.54, 1.807) is 29.3 Å². The Bertz CT molecular complexity index is 1330. The lowest BCUT2D eigenvalue weighted by Crippen LogP contribution is -2.46. The quantitative estimate of drug-likeness (QED) is 0.486. The molecule has 1 amide bonds. The molecule has 41 heavy (non-hydrogen) atoms. The monoisotopic (exact) mass is 568 g/mol. The van der Waals surface area contributed by atoms with Crippen LogP contribution in [0, 0.1) is 35.5 Å². The van der Waals surface area contributed by atoms with E-state index in [0.29, 0.717) is 42.2 Å². The second kappa shape index (κ2) is 10.9. The molecule has 2 aliphatic carbocycles. The van der Waals surface area contributed by atoms with E-state index in [1.165, 1.54) is 6.07 Å². The highest BCUT2D eigenvalue weighted by Gasteiger charge is 2.55. The molecule has 4 fully saturated rings. The van der Waals surface area contributed by atoms with Crippen LogP contribution in [0.4, 0.5) is 13.2 Å². The van der Waals surface area contributed by atoms with Crippen molar-refractivity contribution in [2.24, 2.45) is 35.5 Å². The molecule has 4 aliphatic rings. The molecule has 1 aromatic carbocycles. The van der Waals surface area contributed by atoms with Crippen molar-refractivity contribution in [3.8, 4) is 11.1 Å². The summed E-state index contributed by atoms with van der Waals surface area (Å²) in [5, 5.41) is 9.89. The van der Waals surface area contributed by atoms with Crippen LogP contribution < -0.4 is 0 Å². The fourth-order valence-electron chi connectivity index (χ4n) is 7.80. The molecule has 6 nitrogen and oxygen atoms in total. The number of alkyl halides is 3. The van der Waals surface area contributed by atoms with Gasteiger partial charge in [-0.05, 0) is 86.6 Å². The van der Waals surface area contributed by atoms with E-state index in [9.17, 15) is 27.9 Å². The van der Waals surface area contributed by atoms with Crippen LogP contribution in [0.2, 0.25) is 0 Å². The maximum absolute atomic E-state index is 13.2. The molecule has 9 heteroatoms. The Balaban J connectivity index is 1.20. The number of carbonyl (C=O) groups is 2. The number of amides is 1. The molecule has 2 saturated heterocycles. The van der Waals surface area contributed by atoms with Crippen LogP contribution in [0.15, 0.2) is 48.7 Å². The number of cyclic esters (lactones) is 1. The van der Waals surface area contributed by atoms with E-state index in [1.807, 2.05) is 13.0 Å². The van der Waals surface area contributed by atoms with Gasteiger partial charge in [0, 0.05) is 36.7 Å². The van der Waals surface area contributed by atoms with Gasteiger partial charge in [0.15, 0.2) is 0 Å². The molecule has 6 rings (SSSR count). The highest BCUT2D eigenvalue weighted by atomic mass is 19.4. The number of nitrogens with zero attached hydrogens (tertiary/aromatic N) is 2. The largest absolute Gasteiger partial charge is 0.462 e. The standard InChI is InChI=1S/C32H35F3N2O4/c1-18-29-27(10-8-24-7-5-21(16-36-24)19-3-2-4-23(14-19)32(33,34)35)26-9-6-20(30(39)37-12-11-25(38)17-37)13-22(26)15-28(29)31(40)41-18/h2-5,7-8,10,14,16,18,20,22,25-29,38H,6,9,11-13,15,17H2,1H3/b10-8+/t18-,20-,22+,25-,26-,27+,28-,29+/m1/s1. The Kier molecular flexibility index (Phi) is 7.42. The van der Waals surface area contributed by atoms with Gasteiger partial charge in [0.05, 0.1) is 23.3 Å². The Hall–Kier alpha value is -3.20. The number of aliphatic hydroxyl groups excluding tert-OH is 1. The molecule has 3 heterocycles. The fourth-order valence-corrected chi connectivity index (χ4v) is 7.80. The molecule has 1 aromatic heterocycles. The summed E-state index contributed by atoms with van der Waals surface area (Å²) in [5.41, 5.74) is 1.04. The van der Waals surface area contributed by atoms with Crippen molar-refractivity contribution in [1.82, 2.24) is 9.88 Å². The number of β-amino-alcohol motifs (C(OH)–C–C–N with tert-alkyl or cyclic N) is 1. The van der Waals surface area contributed by atoms with Crippen LogP contribution in [0.3, 0.4) is 0 Å². The minimum Gasteiger partial charge on any atom is -0.462 e. The second-order valence-corrected chi connectivity index (χ2v) is 12.2. The first kappa shape index (κ1) is 27.9. The number of halogens is 3. The van der Waals surface area contributed by atoms with Gasteiger partial charge in [-0.3, -0.25) is 14.6 Å². The van der Waals surface area contributed by atoms with Crippen LogP contribution >= 0.6 is 0 Å². The number of esters is 1. The molecular formula is C32H35F3N2O4. The number of hydrogen-bond donors (Lipinski definition) is 1. The third-order valence-electron chi connectivity index (χ3n) is 9.77. The predicted octanol–water partition coefficient (Wildman–Crippen LogP) is 5.60. The van der Waals surface area contributed by atoms with E-state index in [4.69, 9.17) is 4.74 Å². The van der Waals surface area contributed by atoms with E-state index in [0.717, 1.165) is 37.8 Å². The first-order chi connectivity index (χ1) is 19.6. The van der Waals surface area contributed by atoms with Crippen LogP contribution in [0.1, 0.15) is 50.3 Å². The van der Waals surface area contributed by atoms with Gasteiger partial charge in [0.2, 0.25) is 5.91 Å². The van der Waals surface area contributed by atoms with Crippen molar-refractivity contribution in [2.75, 3.05) is 13.1 Å². The predicted molar refractivity (Wildman–Crippen MR) is 146 cm³/mol. The van der Waals surface area contributed by atoms with Gasteiger partial charge in [-0.1, -0.05) is 24.3 Å². The van der Waals surface area contributed by atoms with Crippen molar-refractivity contribution >= 4 is 18.0 Å².